The van der Waals surface area contributed by atoms with Crippen molar-refractivity contribution in [2.45, 2.75) is 64.1 Å². The standard InChI is InChI=1S/C15H27N3O3/c1-3-11(2)18(10-14(19)20)15(21)16-12-7-9-17-8-5-4-6-13(12)17/h11-13H,3-10H2,1-2H3,(H,16,21)(H,19,20). The molecule has 0 radical (unpaired) electrons. The molecule has 2 fully saturated rings. The van der Waals surface area contributed by atoms with E-state index in [0.29, 0.717) is 6.04 Å². The average molecular weight is 297 g/mol. The Morgan fingerprint density at radius 1 is 1.33 bits per heavy atom. The van der Waals surface area contributed by atoms with Crippen LogP contribution >= 0.6 is 0 Å². The van der Waals surface area contributed by atoms with Crippen LogP contribution in [0, 0.1) is 0 Å². The Morgan fingerprint density at radius 3 is 2.76 bits per heavy atom. The first-order chi connectivity index (χ1) is 10.0. The number of nitrogens with one attached hydrogen (secondary N) is 1. The Balaban J connectivity index is 1.96. The lowest BCUT2D eigenvalue weighted by atomic mass is 9.99. The fraction of sp³-hybridized carbons (Fsp3) is 0.867. The lowest BCUT2D eigenvalue weighted by Crippen LogP contribution is -2.53. The van der Waals surface area contributed by atoms with Crippen molar-refractivity contribution in [3.8, 4) is 0 Å². The molecule has 2 N–H and O–H groups in total. The van der Waals surface area contributed by atoms with E-state index >= 15 is 0 Å². The number of fused-ring (bicyclic) bond motifs is 1. The summed E-state index contributed by atoms with van der Waals surface area (Å²) in [6, 6.07) is 0.304. The van der Waals surface area contributed by atoms with Gasteiger partial charge in [-0.05, 0) is 39.2 Å². The summed E-state index contributed by atoms with van der Waals surface area (Å²) < 4.78 is 0. The molecule has 2 heterocycles. The maximum Gasteiger partial charge on any atom is 0.323 e. The summed E-state index contributed by atoms with van der Waals surface area (Å²) in [5.41, 5.74) is 0. The second-order valence-electron chi connectivity index (χ2n) is 6.22. The summed E-state index contributed by atoms with van der Waals surface area (Å²) in [4.78, 5) is 27.3. The van der Waals surface area contributed by atoms with E-state index in [-0.39, 0.29) is 24.7 Å². The maximum atomic E-state index is 12.4. The van der Waals surface area contributed by atoms with Crippen LogP contribution in [0.25, 0.3) is 0 Å². The predicted molar refractivity (Wildman–Crippen MR) is 80.2 cm³/mol. The molecule has 0 saturated carbocycles. The molecule has 0 spiro atoms. The average Bonchev–Trinajstić information content (AvgIpc) is 2.87. The number of carbonyl (C=O) groups excluding carboxylic acids is 1. The number of carboxylic acids is 1. The molecule has 0 aromatic heterocycles. The summed E-state index contributed by atoms with van der Waals surface area (Å²) in [7, 11) is 0. The zero-order valence-corrected chi connectivity index (χ0v) is 13.0. The van der Waals surface area contributed by atoms with Gasteiger partial charge < -0.3 is 15.3 Å². The highest BCUT2D eigenvalue weighted by atomic mass is 16.4. The number of rotatable bonds is 5. The highest BCUT2D eigenvalue weighted by Gasteiger charge is 2.37. The predicted octanol–water partition coefficient (Wildman–Crippen LogP) is 1.51. The molecule has 2 aliphatic rings. The molecule has 0 aliphatic carbocycles. The van der Waals surface area contributed by atoms with E-state index in [2.05, 4.69) is 10.2 Å². The number of aliphatic carboxylic acids is 1. The summed E-state index contributed by atoms with van der Waals surface area (Å²) >= 11 is 0. The van der Waals surface area contributed by atoms with Crippen LogP contribution in [0.15, 0.2) is 0 Å². The van der Waals surface area contributed by atoms with Crippen LogP contribution in [0.4, 0.5) is 4.79 Å². The molecule has 2 rings (SSSR count). The van der Waals surface area contributed by atoms with E-state index in [9.17, 15) is 9.59 Å². The Morgan fingerprint density at radius 2 is 2.10 bits per heavy atom. The van der Waals surface area contributed by atoms with Gasteiger partial charge in [-0.1, -0.05) is 13.3 Å². The van der Waals surface area contributed by atoms with E-state index in [0.717, 1.165) is 32.4 Å². The number of hydrogen-bond acceptors (Lipinski definition) is 3. The number of amides is 2. The molecule has 120 valence electrons. The van der Waals surface area contributed by atoms with E-state index < -0.39 is 5.97 Å². The Bertz CT molecular complexity index is 388. The third-order valence-corrected chi connectivity index (χ3v) is 4.85. The van der Waals surface area contributed by atoms with Gasteiger partial charge in [-0.15, -0.1) is 0 Å². The number of hydrogen-bond donors (Lipinski definition) is 2. The van der Waals surface area contributed by atoms with Crippen LogP contribution in [0.5, 0.6) is 0 Å². The van der Waals surface area contributed by atoms with Gasteiger partial charge in [0.25, 0.3) is 0 Å². The smallest absolute Gasteiger partial charge is 0.323 e. The maximum absolute atomic E-state index is 12.4. The third kappa shape index (κ3) is 3.87. The molecular formula is C15H27N3O3. The molecular weight excluding hydrogens is 270 g/mol. The molecule has 2 amide bonds. The highest BCUT2D eigenvalue weighted by molar-refractivity contribution is 5.80. The largest absolute Gasteiger partial charge is 0.480 e. The number of urea groups is 1. The Kier molecular flexibility index (Phi) is 5.45. The van der Waals surface area contributed by atoms with Crippen LogP contribution in [-0.4, -0.2) is 64.7 Å². The van der Waals surface area contributed by atoms with E-state index in [1.54, 1.807) is 0 Å². The van der Waals surface area contributed by atoms with Gasteiger partial charge in [0.05, 0.1) is 0 Å². The van der Waals surface area contributed by atoms with Crippen LogP contribution in [0.2, 0.25) is 0 Å². The number of carboxylic acid groups (broad SMARTS) is 1. The van der Waals surface area contributed by atoms with E-state index in [1.165, 1.54) is 17.7 Å². The fourth-order valence-corrected chi connectivity index (χ4v) is 3.45. The minimum absolute atomic E-state index is 0.0649. The van der Waals surface area contributed by atoms with Gasteiger partial charge in [-0.2, -0.15) is 0 Å². The number of carbonyl (C=O) groups is 2. The molecule has 3 atom stereocenters. The molecule has 3 unspecified atom stereocenters. The van der Waals surface area contributed by atoms with E-state index in [4.69, 9.17) is 5.11 Å². The first-order valence-electron chi connectivity index (χ1n) is 8.06. The van der Waals surface area contributed by atoms with Gasteiger partial charge in [-0.25, -0.2) is 4.79 Å². The normalized spacial score (nSPS) is 27.0. The van der Waals surface area contributed by atoms with Crippen molar-refractivity contribution in [3.05, 3.63) is 0 Å². The highest BCUT2D eigenvalue weighted by Crippen LogP contribution is 2.27. The molecule has 6 heteroatoms. The van der Waals surface area contributed by atoms with Crippen LogP contribution in [0.1, 0.15) is 46.0 Å². The molecule has 2 aliphatic heterocycles. The van der Waals surface area contributed by atoms with Gasteiger partial charge in [0.2, 0.25) is 0 Å². The monoisotopic (exact) mass is 297 g/mol. The fourth-order valence-electron chi connectivity index (χ4n) is 3.45. The van der Waals surface area contributed by atoms with Gasteiger partial charge >= 0.3 is 12.0 Å². The van der Waals surface area contributed by atoms with Gasteiger partial charge in [0.15, 0.2) is 0 Å². The molecule has 0 bridgehead atoms. The van der Waals surface area contributed by atoms with E-state index in [1.807, 2.05) is 13.8 Å². The van der Waals surface area contributed by atoms with Crippen molar-refractivity contribution < 1.29 is 14.7 Å². The van der Waals surface area contributed by atoms with Crippen molar-refractivity contribution in [3.63, 3.8) is 0 Å². The number of nitrogens with zero attached hydrogens (tertiary/aromatic N) is 2. The lowest BCUT2D eigenvalue weighted by Gasteiger charge is -2.34. The SMILES string of the molecule is CCC(C)N(CC(=O)O)C(=O)NC1CCN2CCCCC12. The molecule has 0 aromatic carbocycles. The quantitative estimate of drug-likeness (QED) is 0.807. The first-order valence-corrected chi connectivity index (χ1v) is 8.06. The lowest BCUT2D eigenvalue weighted by molar-refractivity contribution is -0.138. The van der Waals surface area contributed by atoms with Gasteiger partial charge in [0, 0.05) is 24.7 Å². The minimum Gasteiger partial charge on any atom is -0.480 e. The van der Waals surface area contributed by atoms with Crippen molar-refractivity contribution in [1.82, 2.24) is 15.1 Å². The summed E-state index contributed by atoms with van der Waals surface area (Å²) in [5.74, 6) is -0.962. The topological polar surface area (TPSA) is 72.9 Å². The zero-order chi connectivity index (χ0) is 15.4. The van der Waals surface area contributed by atoms with Crippen molar-refractivity contribution >= 4 is 12.0 Å². The van der Waals surface area contributed by atoms with Crippen LogP contribution < -0.4 is 5.32 Å². The third-order valence-electron chi connectivity index (χ3n) is 4.85. The summed E-state index contributed by atoms with van der Waals surface area (Å²) in [5, 5.41) is 12.1. The van der Waals surface area contributed by atoms with Crippen LogP contribution in [-0.2, 0) is 4.79 Å². The first kappa shape index (κ1) is 16.1. The minimum atomic E-state index is -0.962. The molecule has 6 nitrogen and oxygen atoms in total. The second-order valence-corrected chi connectivity index (χ2v) is 6.22. The van der Waals surface area contributed by atoms with Gasteiger partial charge in [-0.3, -0.25) is 9.69 Å². The van der Waals surface area contributed by atoms with Crippen LogP contribution in [0.3, 0.4) is 0 Å². The molecule has 2 saturated heterocycles. The second kappa shape index (κ2) is 7.11. The number of piperidine rings is 1. The van der Waals surface area contributed by atoms with Crippen molar-refractivity contribution in [2.24, 2.45) is 0 Å². The summed E-state index contributed by atoms with van der Waals surface area (Å²) in [6.45, 7) is 5.79. The molecule has 21 heavy (non-hydrogen) atoms. The zero-order valence-electron chi connectivity index (χ0n) is 13.0. The van der Waals surface area contributed by atoms with Crippen molar-refractivity contribution in [2.75, 3.05) is 19.6 Å². The Labute approximate surface area is 126 Å². The summed E-state index contributed by atoms with van der Waals surface area (Å²) in [6.07, 6.45) is 5.32. The molecule has 0 aromatic rings. The van der Waals surface area contributed by atoms with Gasteiger partial charge in [0.1, 0.15) is 6.54 Å². The Hall–Kier alpha value is -1.30. The van der Waals surface area contributed by atoms with Crippen molar-refractivity contribution in [1.29, 1.82) is 0 Å².